The summed E-state index contributed by atoms with van der Waals surface area (Å²) in [5.74, 6) is -1.75. The van der Waals surface area contributed by atoms with Crippen LogP contribution in [-0.4, -0.2) is 120 Å². The highest BCUT2D eigenvalue weighted by Gasteiger charge is 2.67. The van der Waals surface area contributed by atoms with Gasteiger partial charge in [0.05, 0.1) is 44.5 Å². The molecule has 4 aliphatic rings. The molecule has 278 valence electrons. The molecule has 0 saturated carbocycles. The van der Waals surface area contributed by atoms with Crippen LogP contribution in [0.1, 0.15) is 37.3 Å². The molecular weight excluding hydrogens is 685 g/mol. The van der Waals surface area contributed by atoms with Gasteiger partial charge in [-0.3, -0.25) is 14.4 Å². The first-order valence-electron chi connectivity index (χ1n) is 17.2. The highest BCUT2D eigenvalue weighted by Crippen LogP contribution is 2.60. The fourth-order valence-corrected chi connectivity index (χ4v) is 10.9. The molecule has 51 heavy (non-hydrogen) atoms. The maximum absolute atomic E-state index is 16.3. The number of methoxy groups -OCH3 is 1. The molecule has 0 unspecified atom stereocenters. The van der Waals surface area contributed by atoms with E-state index in [4.69, 9.17) is 14.2 Å². The summed E-state index contributed by atoms with van der Waals surface area (Å²) in [4.78, 5) is 44.5. The molecule has 3 fully saturated rings. The second-order valence-electron chi connectivity index (χ2n) is 14.4. The number of rotatable bonds is 9. The van der Waals surface area contributed by atoms with Gasteiger partial charge in [0, 0.05) is 29.3 Å². The van der Waals surface area contributed by atoms with Crippen LogP contribution in [0.25, 0.3) is 0 Å². The van der Waals surface area contributed by atoms with Crippen molar-refractivity contribution < 1.29 is 58.2 Å². The third-order valence-corrected chi connectivity index (χ3v) is 13.3. The Hall–Kier alpha value is -3.48. The number of ether oxygens (including phenoxy) is 3. The Morgan fingerprint density at radius 2 is 1.84 bits per heavy atom. The van der Waals surface area contributed by atoms with Gasteiger partial charge < -0.3 is 59.0 Å². The van der Waals surface area contributed by atoms with E-state index in [9.17, 15) is 39.9 Å². The molecule has 3 saturated heterocycles. The number of halogens is 1. The summed E-state index contributed by atoms with van der Waals surface area (Å²) in [5.41, 5.74) is -0.473. The number of benzene rings is 2. The van der Waals surface area contributed by atoms with Crippen molar-refractivity contribution in [3.8, 4) is 5.75 Å². The summed E-state index contributed by atoms with van der Waals surface area (Å²) in [5, 5.41) is 52.3. The second-order valence-corrected chi connectivity index (χ2v) is 18.2. The smallest absolute Gasteiger partial charge is 0.264 e. The number of hydrogen-bond donors (Lipinski definition) is 6. The highest BCUT2D eigenvalue weighted by atomic mass is 28.4. The third kappa shape index (κ3) is 6.56. The molecule has 4 heterocycles. The molecule has 14 nitrogen and oxygen atoms in total. The lowest BCUT2D eigenvalue weighted by Crippen LogP contribution is -2.60. The number of aliphatic hydroxyl groups excluding tert-OH is 5. The number of amides is 3. The van der Waals surface area contributed by atoms with E-state index in [0.717, 1.165) is 6.42 Å². The van der Waals surface area contributed by atoms with E-state index in [2.05, 4.69) is 5.32 Å². The van der Waals surface area contributed by atoms with Gasteiger partial charge in [0.1, 0.15) is 24.1 Å². The molecule has 0 radical (unpaired) electrons. The number of anilines is 2. The van der Waals surface area contributed by atoms with Crippen molar-refractivity contribution in [3.05, 3.63) is 53.6 Å². The molecule has 4 aliphatic heterocycles. The minimum Gasteiger partial charge on any atom is -0.497 e. The average Bonchev–Trinajstić information content (AvgIpc) is 3.75. The molecule has 6 N–H and O–H groups in total. The summed E-state index contributed by atoms with van der Waals surface area (Å²) in [6.45, 7) is 5.26. The molecule has 1 spiro atoms. The van der Waals surface area contributed by atoms with Gasteiger partial charge >= 0.3 is 0 Å². The number of nitrogens with one attached hydrogen (secondary N) is 1. The number of nitrogens with zero attached hydrogens (tertiary/aromatic N) is 2. The van der Waals surface area contributed by atoms with Crippen molar-refractivity contribution >= 4 is 37.5 Å². The normalized spacial score (nSPS) is 33.5. The molecular formula is C35H46FN3O11Si. The predicted molar refractivity (Wildman–Crippen MR) is 183 cm³/mol. The number of likely N-dealkylation sites (tertiary alicyclic amines) is 1. The van der Waals surface area contributed by atoms with E-state index in [1.54, 1.807) is 67.4 Å². The van der Waals surface area contributed by atoms with Crippen LogP contribution in [-0.2, 0) is 36.0 Å². The van der Waals surface area contributed by atoms with Crippen LogP contribution >= 0.6 is 0 Å². The Kier molecular flexibility index (Phi) is 10.3. The summed E-state index contributed by atoms with van der Waals surface area (Å²) in [6, 6.07) is 11.4. The first-order chi connectivity index (χ1) is 24.1. The maximum Gasteiger partial charge on any atom is 0.264 e. The second kappa shape index (κ2) is 14.2. The van der Waals surface area contributed by atoms with E-state index >= 15 is 4.11 Å². The lowest BCUT2D eigenvalue weighted by molar-refractivity contribution is -0.274. The topological polar surface area (TPSA) is 199 Å². The molecule has 2 aromatic rings. The van der Waals surface area contributed by atoms with Crippen LogP contribution < -0.4 is 15.0 Å². The maximum atomic E-state index is 16.3. The minimum absolute atomic E-state index is 0.0164. The van der Waals surface area contributed by atoms with Gasteiger partial charge in [-0.15, -0.1) is 0 Å². The van der Waals surface area contributed by atoms with Crippen LogP contribution in [0.15, 0.2) is 42.5 Å². The van der Waals surface area contributed by atoms with Crippen molar-refractivity contribution in [1.82, 2.24) is 4.90 Å². The van der Waals surface area contributed by atoms with Gasteiger partial charge in [-0.2, -0.15) is 0 Å². The standard InChI is InChI=1S/C35H46FN3O11Si/c1-18-31(51(3,4)36)25(15-26(41)38-12-6-9-21(38)17-40)50-35(18)23-14-22(48-2)10-11-24(23)39(34(35)47)16-19-7-5-8-20(13-19)37-32(45)30-28(43)27(42)29(44)33(46)49-30/h5,7-8,10-11,13-14,18,21,25,27-31,33,40,42-44,46H,6,9,12,15-17H2,1-4H3,(H,37,45)/t18-,21-,25+,27-,28-,29+,30-,31-,33+,35+/m0/s1. The molecule has 0 aromatic heterocycles. The van der Waals surface area contributed by atoms with Gasteiger partial charge in [0.15, 0.2) is 18.0 Å². The van der Waals surface area contributed by atoms with Gasteiger partial charge in [-0.05, 0) is 61.8 Å². The van der Waals surface area contributed by atoms with Crippen molar-refractivity contribution in [2.45, 2.75) is 99.8 Å². The SMILES string of the molecule is COc1ccc2c(c1)[C@@]1(O[C@H](CC(=O)N3CCC[C@H]3CO)[C@@H]([Si](C)(C)F)[C@@H]1C)C(=O)N2Cc1cccc(NC(=O)[C@H]2O[C@@H](O)[C@H](O)[C@@H](O)[C@@H]2O)c1. The lowest BCUT2D eigenvalue weighted by atomic mass is 9.82. The van der Waals surface area contributed by atoms with Crippen molar-refractivity contribution in [1.29, 1.82) is 0 Å². The monoisotopic (exact) mass is 731 g/mol. The first-order valence-corrected chi connectivity index (χ1v) is 20.1. The number of carbonyl (C=O) groups excluding carboxylic acids is 3. The van der Waals surface area contributed by atoms with E-state index in [-0.39, 0.29) is 37.2 Å². The zero-order valence-corrected chi connectivity index (χ0v) is 29.9. The Balaban J connectivity index is 1.29. The Labute approximate surface area is 295 Å². The van der Waals surface area contributed by atoms with Crippen molar-refractivity contribution in [3.63, 3.8) is 0 Å². The van der Waals surface area contributed by atoms with E-state index in [1.165, 1.54) is 12.0 Å². The van der Waals surface area contributed by atoms with E-state index in [1.807, 2.05) is 0 Å². The highest BCUT2D eigenvalue weighted by molar-refractivity contribution is 6.72. The Morgan fingerprint density at radius 1 is 1.10 bits per heavy atom. The quantitative estimate of drug-likeness (QED) is 0.160. The fraction of sp³-hybridized carbons (Fsp3) is 0.571. The van der Waals surface area contributed by atoms with E-state index < -0.39 is 74.1 Å². The van der Waals surface area contributed by atoms with Crippen molar-refractivity contribution in [2.24, 2.45) is 5.92 Å². The van der Waals surface area contributed by atoms with Gasteiger partial charge in [-0.1, -0.05) is 19.1 Å². The molecule has 6 rings (SSSR count). The van der Waals surface area contributed by atoms with Crippen LogP contribution in [0.2, 0.25) is 18.6 Å². The zero-order chi connectivity index (χ0) is 37.0. The van der Waals surface area contributed by atoms with Gasteiger partial charge in [0.2, 0.25) is 14.3 Å². The molecule has 0 bridgehead atoms. The Bertz CT molecular complexity index is 1660. The summed E-state index contributed by atoms with van der Waals surface area (Å²) < 4.78 is 33.6. The van der Waals surface area contributed by atoms with Gasteiger partial charge in [-0.25, -0.2) is 0 Å². The zero-order valence-electron chi connectivity index (χ0n) is 28.9. The van der Waals surface area contributed by atoms with E-state index in [0.29, 0.717) is 35.5 Å². The lowest BCUT2D eigenvalue weighted by Gasteiger charge is -2.37. The number of carbonyl (C=O) groups is 3. The molecule has 2 aromatic carbocycles. The van der Waals surface area contributed by atoms with Crippen LogP contribution in [0.3, 0.4) is 0 Å². The Morgan fingerprint density at radius 3 is 2.53 bits per heavy atom. The minimum atomic E-state index is -3.56. The van der Waals surface area contributed by atoms with Crippen molar-refractivity contribution in [2.75, 3.05) is 30.5 Å². The number of hydrogen-bond acceptors (Lipinski definition) is 11. The molecule has 10 atom stereocenters. The first kappa shape index (κ1) is 37.3. The number of aliphatic hydroxyl groups is 5. The third-order valence-electron chi connectivity index (χ3n) is 10.8. The van der Waals surface area contributed by atoms with Crippen LogP contribution in [0, 0.1) is 5.92 Å². The van der Waals surface area contributed by atoms with Crippen LogP contribution in [0.5, 0.6) is 5.75 Å². The fourth-order valence-electron chi connectivity index (χ4n) is 8.37. The largest absolute Gasteiger partial charge is 0.497 e. The number of fused-ring (bicyclic) bond motifs is 2. The molecule has 16 heteroatoms. The summed E-state index contributed by atoms with van der Waals surface area (Å²) in [6.07, 6.45) is -8.57. The van der Waals surface area contributed by atoms with Crippen LogP contribution in [0.4, 0.5) is 15.5 Å². The molecule has 3 amide bonds. The summed E-state index contributed by atoms with van der Waals surface area (Å²) >= 11 is 0. The average molecular weight is 732 g/mol. The summed E-state index contributed by atoms with van der Waals surface area (Å²) in [7, 11) is -2.06. The van der Waals surface area contributed by atoms with Gasteiger partial charge in [0.25, 0.3) is 11.8 Å². The predicted octanol–water partition coefficient (Wildman–Crippen LogP) is 1.13. The molecule has 0 aliphatic carbocycles.